The van der Waals surface area contributed by atoms with E-state index in [-0.39, 0.29) is 18.1 Å². The highest BCUT2D eigenvalue weighted by atomic mass is 16.5. The summed E-state index contributed by atoms with van der Waals surface area (Å²) in [7, 11) is 0. The third-order valence-corrected chi connectivity index (χ3v) is 5.44. The molecule has 1 heterocycles. The molecule has 1 saturated heterocycles. The molecule has 1 aliphatic heterocycles. The van der Waals surface area contributed by atoms with Crippen LogP contribution in [-0.2, 0) is 16.1 Å². The molecule has 0 N–H and O–H groups in total. The van der Waals surface area contributed by atoms with Crippen molar-refractivity contribution in [3.8, 4) is 0 Å². The summed E-state index contributed by atoms with van der Waals surface area (Å²) in [5, 5.41) is 0. The van der Waals surface area contributed by atoms with E-state index in [0.29, 0.717) is 13.2 Å². The standard InChI is InChI=1S/C22H25NO3/c1-17-15-26-22(23(17)21(24)19-10-6-3-7-11-19)13-12-20(14-22)25-16-18-8-4-2-5-9-18/h2-11,17,20H,12-16H2,1H3/t17-,20+,22?/m0/s1. The molecular weight excluding hydrogens is 326 g/mol. The van der Waals surface area contributed by atoms with Crippen molar-refractivity contribution in [1.82, 2.24) is 4.90 Å². The number of hydrogen-bond donors (Lipinski definition) is 0. The van der Waals surface area contributed by atoms with Crippen LogP contribution in [0.2, 0.25) is 0 Å². The van der Waals surface area contributed by atoms with Gasteiger partial charge in [0.2, 0.25) is 0 Å². The highest BCUT2D eigenvalue weighted by molar-refractivity contribution is 5.95. The van der Waals surface area contributed by atoms with Crippen LogP contribution in [-0.4, -0.2) is 35.3 Å². The maximum atomic E-state index is 13.1. The van der Waals surface area contributed by atoms with Crippen molar-refractivity contribution >= 4 is 5.91 Å². The van der Waals surface area contributed by atoms with Gasteiger partial charge in [-0.2, -0.15) is 0 Å². The second-order valence-electron chi connectivity index (χ2n) is 7.31. The van der Waals surface area contributed by atoms with Gasteiger partial charge in [-0.3, -0.25) is 4.79 Å². The van der Waals surface area contributed by atoms with E-state index >= 15 is 0 Å². The molecule has 0 bridgehead atoms. The fraction of sp³-hybridized carbons (Fsp3) is 0.409. The number of amides is 1. The molecule has 4 heteroatoms. The number of rotatable bonds is 4. The van der Waals surface area contributed by atoms with Crippen LogP contribution in [0.1, 0.15) is 42.1 Å². The lowest BCUT2D eigenvalue weighted by Crippen LogP contribution is -2.49. The van der Waals surface area contributed by atoms with Gasteiger partial charge in [-0.05, 0) is 37.5 Å². The fourth-order valence-corrected chi connectivity index (χ4v) is 4.15. The molecule has 2 aliphatic rings. The van der Waals surface area contributed by atoms with E-state index in [1.807, 2.05) is 53.4 Å². The molecule has 2 aromatic rings. The Morgan fingerprint density at radius 1 is 1.15 bits per heavy atom. The summed E-state index contributed by atoms with van der Waals surface area (Å²) in [6, 6.07) is 19.8. The van der Waals surface area contributed by atoms with Gasteiger partial charge in [0.05, 0.1) is 25.4 Å². The van der Waals surface area contributed by atoms with Gasteiger partial charge < -0.3 is 14.4 Å². The van der Waals surface area contributed by atoms with Crippen molar-refractivity contribution in [2.45, 2.75) is 50.7 Å². The van der Waals surface area contributed by atoms with Crippen molar-refractivity contribution in [3.05, 3.63) is 71.8 Å². The Labute approximate surface area is 154 Å². The Hall–Kier alpha value is -2.17. The summed E-state index contributed by atoms with van der Waals surface area (Å²) in [5.41, 5.74) is 1.37. The first-order chi connectivity index (χ1) is 12.7. The number of ether oxygens (including phenoxy) is 2. The highest BCUT2D eigenvalue weighted by Gasteiger charge is 2.53. The van der Waals surface area contributed by atoms with Gasteiger partial charge in [0, 0.05) is 12.0 Å². The van der Waals surface area contributed by atoms with Crippen molar-refractivity contribution in [3.63, 3.8) is 0 Å². The van der Waals surface area contributed by atoms with Crippen LogP contribution in [0.3, 0.4) is 0 Å². The predicted octanol–water partition coefficient (Wildman–Crippen LogP) is 4.01. The largest absolute Gasteiger partial charge is 0.373 e. The molecule has 2 fully saturated rings. The highest BCUT2D eigenvalue weighted by Crippen LogP contribution is 2.43. The normalized spacial score (nSPS) is 28.0. The zero-order valence-electron chi connectivity index (χ0n) is 15.1. The molecule has 4 rings (SSSR count). The molecule has 0 aromatic heterocycles. The summed E-state index contributed by atoms with van der Waals surface area (Å²) in [5.74, 6) is 0.0549. The minimum absolute atomic E-state index is 0.0549. The Morgan fingerprint density at radius 3 is 2.58 bits per heavy atom. The SMILES string of the molecule is C[C@H]1COC2(CC[C@@H](OCc3ccccc3)C2)N1C(=O)c1ccccc1. The lowest BCUT2D eigenvalue weighted by Gasteiger charge is -2.36. The minimum Gasteiger partial charge on any atom is -0.373 e. The van der Waals surface area contributed by atoms with E-state index in [0.717, 1.165) is 24.8 Å². The molecule has 3 atom stereocenters. The van der Waals surface area contributed by atoms with E-state index in [1.165, 1.54) is 5.56 Å². The van der Waals surface area contributed by atoms with Gasteiger partial charge >= 0.3 is 0 Å². The summed E-state index contributed by atoms with van der Waals surface area (Å²) >= 11 is 0. The summed E-state index contributed by atoms with van der Waals surface area (Å²) in [6.45, 7) is 3.25. The maximum absolute atomic E-state index is 13.1. The lowest BCUT2D eigenvalue weighted by molar-refractivity contribution is -0.0769. The molecule has 136 valence electrons. The van der Waals surface area contributed by atoms with Crippen LogP contribution < -0.4 is 0 Å². The van der Waals surface area contributed by atoms with Crippen molar-refractivity contribution < 1.29 is 14.3 Å². The van der Waals surface area contributed by atoms with Gasteiger partial charge in [0.15, 0.2) is 0 Å². The molecule has 0 radical (unpaired) electrons. The van der Waals surface area contributed by atoms with E-state index in [2.05, 4.69) is 19.1 Å². The average molecular weight is 351 g/mol. The first kappa shape index (κ1) is 17.3. The number of carbonyl (C=O) groups excluding carboxylic acids is 1. The van der Waals surface area contributed by atoms with Gasteiger partial charge in [-0.15, -0.1) is 0 Å². The number of carbonyl (C=O) groups is 1. The van der Waals surface area contributed by atoms with Gasteiger partial charge in [-0.1, -0.05) is 48.5 Å². The molecule has 2 aromatic carbocycles. The molecule has 1 saturated carbocycles. The van der Waals surface area contributed by atoms with E-state index in [1.54, 1.807) is 0 Å². The molecule has 26 heavy (non-hydrogen) atoms. The molecule has 1 spiro atoms. The van der Waals surface area contributed by atoms with E-state index < -0.39 is 5.72 Å². The zero-order valence-corrected chi connectivity index (χ0v) is 15.1. The summed E-state index contributed by atoms with van der Waals surface area (Å²) in [4.78, 5) is 15.1. The molecule has 1 unspecified atom stereocenters. The zero-order chi connectivity index (χ0) is 18.0. The topological polar surface area (TPSA) is 38.8 Å². The van der Waals surface area contributed by atoms with Crippen LogP contribution in [0.4, 0.5) is 0 Å². The minimum atomic E-state index is -0.520. The molecule has 4 nitrogen and oxygen atoms in total. The van der Waals surface area contributed by atoms with Gasteiger partial charge in [-0.25, -0.2) is 0 Å². The summed E-state index contributed by atoms with van der Waals surface area (Å²) in [6.07, 6.45) is 2.60. The first-order valence-electron chi connectivity index (χ1n) is 9.36. The maximum Gasteiger partial charge on any atom is 0.256 e. The Balaban J connectivity index is 1.46. The third kappa shape index (κ3) is 3.27. The van der Waals surface area contributed by atoms with E-state index in [4.69, 9.17) is 9.47 Å². The predicted molar refractivity (Wildman–Crippen MR) is 99.6 cm³/mol. The Kier molecular flexibility index (Phi) is 4.79. The van der Waals surface area contributed by atoms with Crippen LogP contribution in [0.5, 0.6) is 0 Å². The van der Waals surface area contributed by atoms with Crippen LogP contribution >= 0.6 is 0 Å². The van der Waals surface area contributed by atoms with Crippen LogP contribution in [0.15, 0.2) is 60.7 Å². The lowest BCUT2D eigenvalue weighted by atomic mass is 10.1. The van der Waals surface area contributed by atoms with Gasteiger partial charge in [0.25, 0.3) is 5.91 Å². The third-order valence-electron chi connectivity index (χ3n) is 5.44. The summed E-state index contributed by atoms with van der Waals surface area (Å²) < 4.78 is 12.3. The number of hydrogen-bond acceptors (Lipinski definition) is 3. The molecular formula is C22H25NO3. The Bertz CT molecular complexity index is 748. The second-order valence-corrected chi connectivity index (χ2v) is 7.31. The molecule has 1 aliphatic carbocycles. The number of nitrogens with zero attached hydrogens (tertiary/aromatic N) is 1. The first-order valence-corrected chi connectivity index (χ1v) is 9.36. The smallest absolute Gasteiger partial charge is 0.256 e. The number of benzene rings is 2. The Morgan fingerprint density at radius 2 is 1.85 bits per heavy atom. The van der Waals surface area contributed by atoms with Crippen molar-refractivity contribution in [2.75, 3.05) is 6.61 Å². The van der Waals surface area contributed by atoms with Crippen LogP contribution in [0.25, 0.3) is 0 Å². The van der Waals surface area contributed by atoms with E-state index in [9.17, 15) is 4.79 Å². The molecule has 1 amide bonds. The second kappa shape index (κ2) is 7.22. The fourth-order valence-electron chi connectivity index (χ4n) is 4.15. The quantitative estimate of drug-likeness (QED) is 0.835. The van der Waals surface area contributed by atoms with Crippen LogP contribution in [0, 0.1) is 0 Å². The van der Waals surface area contributed by atoms with Gasteiger partial charge in [0.1, 0.15) is 5.72 Å². The monoisotopic (exact) mass is 351 g/mol. The van der Waals surface area contributed by atoms with Crippen molar-refractivity contribution in [2.24, 2.45) is 0 Å². The van der Waals surface area contributed by atoms with Crippen molar-refractivity contribution in [1.29, 1.82) is 0 Å². The average Bonchev–Trinajstić information content (AvgIpc) is 3.24.